The van der Waals surface area contributed by atoms with Crippen LogP contribution in [-0.4, -0.2) is 71.2 Å². The molecule has 2 aromatic heterocycles. The highest BCUT2D eigenvalue weighted by Gasteiger charge is 2.25. The average molecular weight is 616 g/mol. The van der Waals surface area contributed by atoms with E-state index in [9.17, 15) is 14.7 Å². The highest BCUT2D eigenvalue weighted by atomic mass is 32.1. The Morgan fingerprint density at radius 2 is 1.77 bits per heavy atom. The lowest BCUT2D eigenvalue weighted by atomic mass is 9.99. The number of carbonyl (C=O) groups is 2. The number of nitrogens with zero attached hydrogens (tertiary/aromatic N) is 4. The quantitative estimate of drug-likeness (QED) is 0.206. The van der Waals surface area contributed by atoms with Gasteiger partial charge in [-0.1, -0.05) is 50.2 Å². The summed E-state index contributed by atoms with van der Waals surface area (Å²) < 4.78 is 5.82. The van der Waals surface area contributed by atoms with Gasteiger partial charge in [0.2, 0.25) is 0 Å². The summed E-state index contributed by atoms with van der Waals surface area (Å²) in [5, 5.41) is 17.3. The standard InChI is InChI=1S/C34H41N5O4S/c1-23(2)21-43-29-16-28(17-35-18-29)38(4)19-31(40)30(14-25-10-7-6-8-11-25)37-33(41)26-12-9-13-27(15-26)34(42)39(5)20-32-36-24(3)22-44-32/h6-13,15-18,22-23,30-31,40H,14,19-21H2,1-5H3,(H,37,41). The minimum Gasteiger partial charge on any atom is -0.492 e. The molecule has 2 N–H and O–H groups in total. The molecule has 0 aliphatic carbocycles. The van der Waals surface area contributed by atoms with Crippen molar-refractivity contribution < 1.29 is 19.4 Å². The Morgan fingerprint density at radius 1 is 1.02 bits per heavy atom. The van der Waals surface area contributed by atoms with Crippen LogP contribution >= 0.6 is 11.3 Å². The van der Waals surface area contributed by atoms with E-state index in [2.05, 4.69) is 29.1 Å². The molecule has 0 spiro atoms. The molecule has 0 bridgehead atoms. The van der Waals surface area contributed by atoms with Crippen LogP contribution in [0.3, 0.4) is 0 Å². The van der Waals surface area contributed by atoms with Crippen LogP contribution in [0.1, 0.15) is 50.8 Å². The van der Waals surface area contributed by atoms with Crippen molar-refractivity contribution in [3.63, 3.8) is 0 Å². The number of anilines is 1. The van der Waals surface area contributed by atoms with Crippen molar-refractivity contribution in [2.75, 3.05) is 32.1 Å². The third kappa shape index (κ3) is 9.36. The van der Waals surface area contributed by atoms with Crippen molar-refractivity contribution in [1.29, 1.82) is 0 Å². The number of aliphatic hydroxyl groups excluding tert-OH is 1. The summed E-state index contributed by atoms with van der Waals surface area (Å²) in [5.74, 6) is 0.469. The Bertz CT molecular complexity index is 1530. The number of hydrogen-bond donors (Lipinski definition) is 2. The minimum absolute atomic E-state index is 0.205. The number of carbonyl (C=O) groups excluding carboxylic acids is 2. The first kappa shape index (κ1) is 32.6. The summed E-state index contributed by atoms with van der Waals surface area (Å²) in [6.07, 6.45) is 2.90. The van der Waals surface area contributed by atoms with Gasteiger partial charge < -0.3 is 25.0 Å². The fraction of sp³-hybridized carbons (Fsp3) is 0.353. The van der Waals surface area contributed by atoms with Crippen LogP contribution in [-0.2, 0) is 13.0 Å². The van der Waals surface area contributed by atoms with Crippen molar-refractivity contribution in [2.45, 2.75) is 45.9 Å². The van der Waals surface area contributed by atoms with Gasteiger partial charge in [-0.2, -0.15) is 0 Å². The molecule has 4 rings (SSSR count). The molecular weight excluding hydrogens is 574 g/mol. The molecule has 2 unspecified atom stereocenters. The van der Waals surface area contributed by atoms with Crippen molar-refractivity contribution in [2.24, 2.45) is 5.92 Å². The first-order valence-electron chi connectivity index (χ1n) is 14.7. The molecule has 0 radical (unpaired) electrons. The molecule has 0 fully saturated rings. The summed E-state index contributed by atoms with van der Waals surface area (Å²) in [4.78, 5) is 38.9. The van der Waals surface area contributed by atoms with Crippen LogP contribution in [0.2, 0.25) is 0 Å². The summed E-state index contributed by atoms with van der Waals surface area (Å²) in [7, 11) is 3.59. The van der Waals surface area contributed by atoms with Crippen LogP contribution in [0.4, 0.5) is 5.69 Å². The van der Waals surface area contributed by atoms with Gasteiger partial charge >= 0.3 is 0 Å². The molecule has 0 saturated carbocycles. The van der Waals surface area contributed by atoms with Crippen LogP contribution in [0.25, 0.3) is 0 Å². The molecule has 44 heavy (non-hydrogen) atoms. The van der Waals surface area contributed by atoms with E-state index >= 15 is 0 Å². The summed E-state index contributed by atoms with van der Waals surface area (Å²) in [6, 6.07) is 17.7. The Balaban J connectivity index is 1.47. The number of hydrogen-bond acceptors (Lipinski definition) is 8. The van der Waals surface area contributed by atoms with E-state index in [0.717, 1.165) is 22.0 Å². The van der Waals surface area contributed by atoms with E-state index in [1.165, 1.54) is 11.3 Å². The molecule has 4 aromatic rings. The molecule has 9 nitrogen and oxygen atoms in total. The maximum Gasteiger partial charge on any atom is 0.253 e. The van der Waals surface area contributed by atoms with Gasteiger partial charge in [0.1, 0.15) is 10.8 Å². The van der Waals surface area contributed by atoms with Gasteiger partial charge in [0, 0.05) is 48.9 Å². The largest absolute Gasteiger partial charge is 0.492 e. The Kier molecular flexibility index (Phi) is 11.5. The van der Waals surface area contributed by atoms with Gasteiger partial charge in [-0.25, -0.2) is 4.98 Å². The van der Waals surface area contributed by atoms with E-state index in [-0.39, 0.29) is 18.4 Å². The van der Waals surface area contributed by atoms with Gasteiger partial charge in [-0.05, 0) is 43.0 Å². The Morgan fingerprint density at radius 3 is 2.48 bits per heavy atom. The van der Waals surface area contributed by atoms with Gasteiger partial charge in [-0.15, -0.1) is 11.3 Å². The lowest BCUT2D eigenvalue weighted by Crippen LogP contribution is -2.49. The minimum atomic E-state index is -0.915. The lowest BCUT2D eigenvalue weighted by molar-refractivity contribution is 0.0784. The third-order valence-electron chi connectivity index (χ3n) is 7.02. The first-order chi connectivity index (χ1) is 21.1. The number of benzene rings is 2. The second-order valence-corrected chi connectivity index (χ2v) is 12.4. The predicted molar refractivity (Wildman–Crippen MR) is 174 cm³/mol. The number of amides is 2. The SMILES string of the molecule is Cc1csc(CN(C)C(=O)c2cccc(C(=O)NC(Cc3ccccc3)C(O)CN(C)c3cncc(OCC(C)C)c3)c2)n1. The van der Waals surface area contributed by atoms with E-state index in [4.69, 9.17) is 4.74 Å². The zero-order chi connectivity index (χ0) is 31.6. The van der Waals surface area contributed by atoms with E-state index < -0.39 is 12.1 Å². The summed E-state index contributed by atoms with van der Waals surface area (Å²) in [5.41, 5.74) is 3.43. The highest BCUT2D eigenvalue weighted by molar-refractivity contribution is 7.09. The number of aryl methyl sites for hydroxylation is 1. The number of pyridine rings is 1. The number of aromatic nitrogens is 2. The van der Waals surface area contributed by atoms with Crippen molar-refractivity contribution in [3.8, 4) is 5.75 Å². The molecule has 10 heteroatoms. The Hall–Kier alpha value is -4.28. The van der Waals surface area contributed by atoms with Crippen LogP contribution in [0.15, 0.2) is 78.4 Å². The molecule has 0 saturated heterocycles. The normalized spacial score (nSPS) is 12.4. The molecular formula is C34H41N5O4S. The number of rotatable bonds is 14. The number of likely N-dealkylation sites (N-methyl/N-ethyl adjacent to an activating group) is 1. The number of aliphatic hydroxyl groups is 1. The fourth-order valence-corrected chi connectivity index (χ4v) is 5.46. The number of thiazole rings is 1. The Labute approximate surface area is 263 Å². The smallest absolute Gasteiger partial charge is 0.253 e. The monoisotopic (exact) mass is 615 g/mol. The third-order valence-corrected chi connectivity index (χ3v) is 7.97. The van der Waals surface area contributed by atoms with Gasteiger partial charge in [0.15, 0.2) is 0 Å². The van der Waals surface area contributed by atoms with Crippen molar-refractivity contribution in [1.82, 2.24) is 20.2 Å². The molecule has 0 aliphatic rings. The lowest BCUT2D eigenvalue weighted by Gasteiger charge is -2.29. The zero-order valence-electron chi connectivity index (χ0n) is 25.9. The topological polar surface area (TPSA) is 108 Å². The molecule has 2 atom stereocenters. The van der Waals surface area contributed by atoms with Crippen LogP contribution in [0, 0.1) is 12.8 Å². The van der Waals surface area contributed by atoms with Crippen molar-refractivity contribution in [3.05, 3.63) is 106 Å². The number of ether oxygens (including phenoxy) is 1. The number of nitrogens with one attached hydrogen (secondary N) is 1. The maximum absolute atomic E-state index is 13.5. The predicted octanol–water partition coefficient (Wildman–Crippen LogP) is 4.99. The molecule has 232 valence electrons. The molecule has 2 amide bonds. The summed E-state index contributed by atoms with van der Waals surface area (Å²) >= 11 is 1.51. The average Bonchev–Trinajstić information content (AvgIpc) is 3.43. The van der Waals surface area contributed by atoms with E-state index in [1.54, 1.807) is 48.6 Å². The van der Waals surface area contributed by atoms with E-state index in [1.807, 2.05) is 60.6 Å². The van der Waals surface area contributed by atoms with Crippen molar-refractivity contribution >= 4 is 28.8 Å². The highest BCUT2D eigenvalue weighted by Crippen LogP contribution is 2.20. The molecule has 0 aliphatic heterocycles. The maximum atomic E-state index is 13.5. The first-order valence-corrected chi connectivity index (χ1v) is 15.6. The second kappa shape index (κ2) is 15.4. The van der Waals surface area contributed by atoms with Crippen LogP contribution in [0.5, 0.6) is 5.75 Å². The second-order valence-electron chi connectivity index (χ2n) is 11.4. The van der Waals surface area contributed by atoms with Gasteiger partial charge in [0.05, 0.1) is 43.4 Å². The van der Waals surface area contributed by atoms with Gasteiger partial charge in [-0.3, -0.25) is 14.6 Å². The molecule has 2 heterocycles. The van der Waals surface area contributed by atoms with Crippen LogP contribution < -0.4 is 15.0 Å². The fourth-order valence-electron chi connectivity index (χ4n) is 4.64. The zero-order valence-corrected chi connectivity index (χ0v) is 26.8. The van der Waals surface area contributed by atoms with E-state index in [0.29, 0.717) is 42.4 Å². The molecule has 2 aromatic carbocycles. The summed E-state index contributed by atoms with van der Waals surface area (Å²) in [6.45, 7) is 7.29. The van der Waals surface area contributed by atoms with Gasteiger partial charge in [0.25, 0.3) is 11.8 Å².